The fraction of sp³-hybridized carbons (Fsp3) is 0.571. The minimum absolute atomic E-state index is 0.645. The normalized spacial score (nSPS) is 18.9. The lowest BCUT2D eigenvalue weighted by Gasteiger charge is -2.23. The van der Waals surface area contributed by atoms with E-state index in [0.29, 0.717) is 12.6 Å². The van der Waals surface area contributed by atoms with Crippen molar-refractivity contribution in [3.05, 3.63) is 35.4 Å². The van der Waals surface area contributed by atoms with Crippen molar-refractivity contribution in [3.8, 4) is 0 Å². The van der Waals surface area contributed by atoms with Crippen molar-refractivity contribution in [2.24, 2.45) is 5.73 Å². The molecule has 0 spiro atoms. The van der Waals surface area contributed by atoms with Gasteiger partial charge in [-0.2, -0.15) is 0 Å². The fourth-order valence-corrected chi connectivity index (χ4v) is 2.54. The van der Waals surface area contributed by atoms with E-state index in [1.165, 1.54) is 37.1 Å². The van der Waals surface area contributed by atoms with Crippen LogP contribution in [0.4, 0.5) is 0 Å². The van der Waals surface area contributed by atoms with Crippen LogP contribution in [-0.4, -0.2) is 24.0 Å². The van der Waals surface area contributed by atoms with Gasteiger partial charge >= 0.3 is 0 Å². The van der Waals surface area contributed by atoms with Crippen LogP contribution in [0, 0.1) is 0 Å². The zero-order valence-corrected chi connectivity index (χ0v) is 10.2. The molecular formula is C14H22N2. The van der Waals surface area contributed by atoms with Gasteiger partial charge < -0.3 is 10.6 Å². The smallest absolute Gasteiger partial charge is 0.0178 e. The Morgan fingerprint density at radius 3 is 2.62 bits per heavy atom. The molecule has 1 aliphatic heterocycles. The van der Waals surface area contributed by atoms with Crippen LogP contribution in [0.15, 0.2) is 24.3 Å². The Kier molecular flexibility index (Phi) is 3.97. The molecule has 1 heterocycles. The van der Waals surface area contributed by atoms with Crippen LogP contribution in [0.25, 0.3) is 0 Å². The number of rotatable bonds is 4. The zero-order valence-electron chi connectivity index (χ0n) is 10.2. The van der Waals surface area contributed by atoms with Gasteiger partial charge in [-0.3, -0.25) is 0 Å². The summed E-state index contributed by atoms with van der Waals surface area (Å²) in [5, 5.41) is 0. The van der Waals surface area contributed by atoms with Crippen molar-refractivity contribution in [2.75, 3.05) is 13.1 Å². The molecule has 0 radical (unpaired) electrons. The fourth-order valence-electron chi connectivity index (χ4n) is 2.54. The van der Waals surface area contributed by atoms with Gasteiger partial charge in [0.05, 0.1) is 0 Å². The van der Waals surface area contributed by atoms with Crippen LogP contribution >= 0.6 is 0 Å². The molecule has 0 amide bonds. The third kappa shape index (κ3) is 2.83. The van der Waals surface area contributed by atoms with Crippen molar-refractivity contribution in [2.45, 2.75) is 38.8 Å². The summed E-state index contributed by atoms with van der Waals surface area (Å²) in [6.07, 6.45) is 3.88. The molecule has 1 aromatic rings. The van der Waals surface area contributed by atoms with Gasteiger partial charge in [0.1, 0.15) is 0 Å². The highest BCUT2D eigenvalue weighted by atomic mass is 15.2. The van der Waals surface area contributed by atoms with Crippen molar-refractivity contribution < 1.29 is 0 Å². The second-order valence-corrected chi connectivity index (χ2v) is 4.82. The average molecular weight is 218 g/mol. The Labute approximate surface area is 98.4 Å². The highest BCUT2D eigenvalue weighted by Crippen LogP contribution is 2.16. The highest BCUT2D eigenvalue weighted by Gasteiger charge is 2.17. The molecule has 2 N–H and O–H groups in total. The lowest BCUT2D eigenvalue weighted by Crippen LogP contribution is -2.31. The Morgan fingerprint density at radius 1 is 1.25 bits per heavy atom. The van der Waals surface area contributed by atoms with Crippen LogP contribution in [0.3, 0.4) is 0 Å². The lowest BCUT2D eigenvalue weighted by molar-refractivity contribution is 0.257. The van der Waals surface area contributed by atoms with E-state index >= 15 is 0 Å². The summed E-state index contributed by atoms with van der Waals surface area (Å²) in [4.78, 5) is 2.59. The zero-order chi connectivity index (χ0) is 11.4. The molecule has 1 aliphatic rings. The van der Waals surface area contributed by atoms with Crippen LogP contribution in [0.2, 0.25) is 0 Å². The van der Waals surface area contributed by atoms with Gasteiger partial charge in [0, 0.05) is 12.6 Å². The van der Waals surface area contributed by atoms with Crippen molar-refractivity contribution in [3.63, 3.8) is 0 Å². The molecule has 1 aromatic carbocycles. The van der Waals surface area contributed by atoms with E-state index in [9.17, 15) is 0 Å². The summed E-state index contributed by atoms with van der Waals surface area (Å²) in [6.45, 7) is 5.53. The van der Waals surface area contributed by atoms with Gasteiger partial charge in [-0.1, -0.05) is 24.3 Å². The van der Waals surface area contributed by atoms with Crippen LogP contribution < -0.4 is 5.73 Å². The summed E-state index contributed by atoms with van der Waals surface area (Å²) < 4.78 is 0. The van der Waals surface area contributed by atoms with E-state index in [2.05, 4.69) is 36.1 Å². The molecule has 1 saturated heterocycles. The van der Waals surface area contributed by atoms with Gasteiger partial charge in [0.2, 0.25) is 0 Å². The summed E-state index contributed by atoms with van der Waals surface area (Å²) in [5.74, 6) is 0. The van der Waals surface area contributed by atoms with Crippen LogP contribution in [-0.2, 0) is 13.0 Å². The third-order valence-electron chi connectivity index (χ3n) is 3.52. The second kappa shape index (κ2) is 5.46. The van der Waals surface area contributed by atoms with Crippen LogP contribution in [0.5, 0.6) is 0 Å². The first-order valence-electron chi connectivity index (χ1n) is 6.31. The maximum Gasteiger partial charge on any atom is 0.0178 e. The summed E-state index contributed by atoms with van der Waals surface area (Å²) in [5.41, 5.74) is 8.32. The predicted octanol–water partition coefficient (Wildman–Crippen LogP) is 2.17. The van der Waals surface area contributed by atoms with E-state index < -0.39 is 0 Å². The first-order valence-corrected chi connectivity index (χ1v) is 6.31. The first kappa shape index (κ1) is 11.6. The topological polar surface area (TPSA) is 29.3 Å². The quantitative estimate of drug-likeness (QED) is 0.839. The molecular weight excluding hydrogens is 196 g/mol. The lowest BCUT2D eigenvalue weighted by atomic mass is 10.0. The van der Waals surface area contributed by atoms with Gasteiger partial charge in [-0.05, 0) is 50.4 Å². The molecule has 1 fully saturated rings. The van der Waals surface area contributed by atoms with Gasteiger partial charge in [0.25, 0.3) is 0 Å². The van der Waals surface area contributed by atoms with Crippen molar-refractivity contribution in [1.29, 1.82) is 0 Å². The number of nitrogens with zero attached hydrogens (tertiary/aromatic N) is 1. The molecule has 2 nitrogen and oxygen atoms in total. The third-order valence-corrected chi connectivity index (χ3v) is 3.52. The van der Waals surface area contributed by atoms with E-state index in [0.717, 1.165) is 6.42 Å². The molecule has 2 heteroatoms. The van der Waals surface area contributed by atoms with E-state index in [1.54, 1.807) is 0 Å². The maximum atomic E-state index is 5.66. The van der Waals surface area contributed by atoms with E-state index in [4.69, 9.17) is 5.73 Å². The number of nitrogens with two attached hydrogens (primary N) is 1. The predicted molar refractivity (Wildman–Crippen MR) is 68.3 cm³/mol. The Morgan fingerprint density at radius 2 is 1.94 bits per heavy atom. The molecule has 1 unspecified atom stereocenters. The maximum absolute atomic E-state index is 5.66. The summed E-state index contributed by atoms with van der Waals surface area (Å²) in [6, 6.07) is 9.34. The molecule has 2 rings (SSSR count). The molecule has 0 bridgehead atoms. The van der Waals surface area contributed by atoms with Crippen molar-refractivity contribution in [1.82, 2.24) is 4.90 Å². The number of benzene rings is 1. The standard InChI is InChI=1S/C14H22N2/c1-12(16-7-2-3-8-16)9-13-5-4-6-14(10-13)11-15/h4-6,10,12H,2-3,7-9,11,15H2,1H3. The second-order valence-electron chi connectivity index (χ2n) is 4.82. The SMILES string of the molecule is CC(Cc1cccc(CN)c1)N1CCCC1. The van der Waals surface area contributed by atoms with Gasteiger partial charge in [-0.15, -0.1) is 0 Å². The molecule has 0 saturated carbocycles. The van der Waals surface area contributed by atoms with E-state index in [1.807, 2.05) is 0 Å². The number of likely N-dealkylation sites (tertiary alicyclic amines) is 1. The number of hydrogen-bond acceptors (Lipinski definition) is 2. The largest absolute Gasteiger partial charge is 0.326 e. The monoisotopic (exact) mass is 218 g/mol. The highest BCUT2D eigenvalue weighted by molar-refractivity contribution is 5.24. The minimum atomic E-state index is 0.645. The first-order chi connectivity index (χ1) is 7.79. The number of hydrogen-bond donors (Lipinski definition) is 1. The van der Waals surface area contributed by atoms with Gasteiger partial charge in [0.15, 0.2) is 0 Å². The molecule has 0 aromatic heterocycles. The van der Waals surface area contributed by atoms with Crippen molar-refractivity contribution >= 4 is 0 Å². The molecule has 88 valence electrons. The summed E-state index contributed by atoms with van der Waals surface area (Å²) >= 11 is 0. The molecule has 0 aliphatic carbocycles. The Bertz CT molecular complexity index is 329. The Hall–Kier alpha value is -0.860. The molecule has 16 heavy (non-hydrogen) atoms. The Balaban J connectivity index is 1.96. The minimum Gasteiger partial charge on any atom is -0.326 e. The average Bonchev–Trinajstić information content (AvgIpc) is 2.83. The van der Waals surface area contributed by atoms with Gasteiger partial charge in [-0.25, -0.2) is 0 Å². The summed E-state index contributed by atoms with van der Waals surface area (Å²) in [7, 11) is 0. The van der Waals surface area contributed by atoms with E-state index in [-0.39, 0.29) is 0 Å². The molecule has 1 atom stereocenters. The van der Waals surface area contributed by atoms with Crippen LogP contribution in [0.1, 0.15) is 30.9 Å².